The number of aromatic nitrogens is 2. The van der Waals surface area contributed by atoms with E-state index in [9.17, 15) is 10.1 Å². The predicted molar refractivity (Wildman–Crippen MR) is 167 cm³/mol. The highest BCUT2D eigenvalue weighted by molar-refractivity contribution is 8.13. The molecular formula is C33H36N6OS. The molecule has 0 radical (unpaired) electrons. The number of nitrogens with one attached hydrogen (secondary N) is 1. The maximum absolute atomic E-state index is 12.9. The second-order valence-electron chi connectivity index (χ2n) is 10.1. The van der Waals surface area contributed by atoms with E-state index in [1.54, 1.807) is 12.5 Å². The number of hydrogen-bond donors (Lipinski definition) is 1. The molecule has 1 aliphatic heterocycles. The summed E-state index contributed by atoms with van der Waals surface area (Å²) < 4.78 is 1.99. The van der Waals surface area contributed by atoms with Crippen LogP contribution in [-0.4, -0.2) is 31.9 Å². The number of carbonyl (C=O) groups excluding carboxylic acids is 1. The summed E-state index contributed by atoms with van der Waals surface area (Å²) in [7, 11) is 0. The number of nitriles is 1. The molecule has 1 unspecified atom stereocenters. The van der Waals surface area contributed by atoms with Crippen LogP contribution in [0.1, 0.15) is 44.2 Å². The van der Waals surface area contributed by atoms with E-state index in [1.807, 2.05) is 103 Å². The summed E-state index contributed by atoms with van der Waals surface area (Å²) in [5, 5.41) is 12.0. The van der Waals surface area contributed by atoms with Gasteiger partial charge in [-0.05, 0) is 42.9 Å². The highest BCUT2D eigenvalue weighted by Crippen LogP contribution is 2.35. The molecule has 1 amide bonds. The van der Waals surface area contributed by atoms with Crippen LogP contribution in [0.3, 0.4) is 0 Å². The average molecular weight is 565 g/mol. The third-order valence-electron chi connectivity index (χ3n) is 7.17. The van der Waals surface area contributed by atoms with Crippen LogP contribution in [0.15, 0.2) is 115 Å². The van der Waals surface area contributed by atoms with Crippen LogP contribution >= 0.6 is 11.8 Å². The van der Waals surface area contributed by atoms with Crippen LogP contribution in [0.2, 0.25) is 0 Å². The second kappa shape index (κ2) is 13.8. The van der Waals surface area contributed by atoms with E-state index in [2.05, 4.69) is 40.5 Å². The zero-order valence-corrected chi connectivity index (χ0v) is 24.6. The monoisotopic (exact) mass is 564 g/mol. The van der Waals surface area contributed by atoms with Gasteiger partial charge in [-0.25, -0.2) is 9.98 Å². The second-order valence-corrected chi connectivity index (χ2v) is 10.8. The molecule has 0 spiro atoms. The number of hydrazine groups is 1. The molecule has 1 aliphatic rings. The number of aliphatic imine (C=N–C) groups is 1. The molecule has 8 heteroatoms. The topological polar surface area (TPSA) is 86.3 Å². The number of amidine groups is 1. The van der Waals surface area contributed by atoms with Crippen LogP contribution in [0.5, 0.6) is 0 Å². The first-order valence-electron chi connectivity index (χ1n) is 13.7. The van der Waals surface area contributed by atoms with Crippen molar-refractivity contribution in [2.24, 2.45) is 4.99 Å². The molecule has 1 N–H and O–H groups in total. The van der Waals surface area contributed by atoms with Gasteiger partial charge >= 0.3 is 0 Å². The molecule has 0 saturated heterocycles. The fourth-order valence-electron chi connectivity index (χ4n) is 4.82. The number of imidazole rings is 1. The van der Waals surface area contributed by atoms with Crippen molar-refractivity contribution in [3.05, 3.63) is 121 Å². The number of rotatable bonds is 9. The Morgan fingerprint density at radius 2 is 1.63 bits per heavy atom. The maximum atomic E-state index is 12.9. The number of anilines is 1. The molecule has 4 aromatic rings. The first kappa shape index (κ1) is 29.6. The van der Waals surface area contributed by atoms with Gasteiger partial charge in [0.1, 0.15) is 5.41 Å². The number of hydrogen-bond acceptors (Lipinski definition) is 6. The van der Waals surface area contributed by atoms with Crippen molar-refractivity contribution in [1.82, 2.24) is 14.6 Å². The summed E-state index contributed by atoms with van der Waals surface area (Å²) in [5.41, 5.74) is 4.65. The summed E-state index contributed by atoms with van der Waals surface area (Å²) in [6.45, 7) is 4.67. The highest BCUT2D eigenvalue weighted by atomic mass is 32.2. The van der Waals surface area contributed by atoms with E-state index >= 15 is 0 Å². The zero-order chi connectivity index (χ0) is 29.1. The van der Waals surface area contributed by atoms with Crippen molar-refractivity contribution in [2.75, 3.05) is 11.7 Å². The molecular weight excluding hydrogens is 528 g/mol. The zero-order valence-electron chi connectivity index (χ0n) is 23.8. The fourth-order valence-corrected chi connectivity index (χ4v) is 5.40. The Kier molecular flexibility index (Phi) is 9.99. The van der Waals surface area contributed by atoms with Gasteiger partial charge in [0.05, 0.1) is 18.1 Å². The van der Waals surface area contributed by atoms with Crippen LogP contribution in [-0.2, 0) is 22.3 Å². The highest BCUT2D eigenvalue weighted by Gasteiger charge is 2.46. The summed E-state index contributed by atoms with van der Waals surface area (Å²) in [5.74, 6) is -0.0769. The Labute approximate surface area is 246 Å². The van der Waals surface area contributed by atoms with Gasteiger partial charge in [0, 0.05) is 18.9 Å². The number of benzene rings is 3. The molecule has 5 rings (SSSR count). The normalized spacial score (nSPS) is 17.6. The van der Waals surface area contributed by atoms with E-state index in [4.69, 9.17) is 0 Å². The molecule has 0 aliphatic carbocycles. The number of carbonyl (C=O) groups is 1. The molecule has 0 bridgehead atoms. The molecule has 2 atom stereocenters. The van der Waals surface area contributed by atoms with Crippen molar-refractivity contribution in [1.29, 1.82) is 5.26 Å². The SMILES string of the molecule is CCCCC(C#N)(Cn1ccnc1)c1ccccc1.CSC1=N[C@@](C)(c2ccccc2)C(=O)N1Nc1ccccc1. The number of para-hydroxylation sites is 1. The third kappa shape index (κ3) is 6.87. The van der Waals surface area contributed by atoms with Gasteiger partial charge < -0.3 is 4.57 Å². The molecule has 0 fully saturated rings. The Hall–Kier alpha value is -4.35. The fraction of sp³-hybridized carbons (Fsp3) is 0.273. The molecule has 210 valence electrons. The van der Waals surface area contributed by atoms with Crippen molar-refractivity contribution in [2.45, 2.75) is 50.6 Å². The van der Waals surface area contributed by atoms with Crippen molar-refractivity contribution in [3.8, 4) is 6.07 Å². The minimum Gasteiger partial charge on any atom is -0.336 e. The number of unbranched alkanes of at least 4 members (excludes halogenated alkanes) is 1. The lowest BCUT2D eigenvalue weighted by atomic mass is 9.77. The van der Waals surface area contributed by atoms with Gasteiger partial charge in [-0.2, -0.15) is 10.3 Å². The standard InChI is InChI=1S/C17H17N3OS.C16H19N3/c1-17(13-9-5-3-6-10-13)15(21)20(16(18-17)22-2)19-14-11-7-4-8-12-14;1-2-3-9-16(12-17,13-19-11-10-18-14-19)15-7-5-4-6-8-15/h3-12,19H,1-2H3;4-8,10-11,14H,2-3,9,13H2,1H3/t17-;/m0./s1. The lowest BCUT2D eigenvalue weighted by Crippen LogP contribution is -2.42. The Morgan fingerprint density at radius 3 is 2.20 bits per heavy atom. The number of amides is 1. The van der Waals surface area contributed by atoms with Gasteiger partial charge in [-0.3, -0.25) is 10.2 Å². The third-order valence-corrected chi connectivity index (χ3v) is 7.81. The van der Waals surface area contributed by atoms with Gasteiger partial charge in [0.25, 0.3) is 5.91 Å². The van der Waals surface area contributed by atoms with E-state index in [1.165, 1.54) is 16.8 Å². The number of nitrogens with zero attached hydrogens (tertiary/aromatic N) is 5. The Bertz CT molecular complexity index is 1450. The lowest BCUT2D eigenvalue weighted by Gasteiger charge is -2.27. The summed E-state index contributed by atoms with van der Waals surface area (Å²) in [4.78, 5) is 21.7. The molecule has 3 aromatic carbocycles. The minimum absolute atomic E-state index is 0.0769. The average Bonchev–Trinajstić information content (AvgIpc) is 3.63. The largest absolute Gasteiger partial charge is 0.336 e. The summed E-state index contributed by atoms with van der Waals surface area (Å²) in [6.07, 6.45) is 10.4. The van der Waals surface area contributed by atoms with Crippen molar-refractivity contribution in [3.63, 3.8) is 0 Å². The number of thioether (sulfide) groups is 1. The minimum atomic E-state index is -0.888. The van der Waals surface area contributed by atoms with E-state index < -0.39 is 11.0 Å². The first-order chi connectivity index (χ1) is 20.0. The van der Waals surface area contributed by atoms with Crippen LogP contribution in [0.25, 0.3) is 0 Å². The van der Waals surface area contributed by atoms with E-state index in [-0.39, 0.29) is 5.91 Å². The predicted octanol–water partition coefficient (Wildman–Crippen LogP) is 7.02. The van der Waals surface area contributed by atoms with E-state index in [0.29, 0.717) is 11.7 Å². The molecule has 2 heterocycles. The molecule has 0 saturated carbocycles. The summed E-state index contributed by atoms with van der Waals surface area (Å²) in [6, 6.07) is 31.9. The Balaban J connectivity index is 0.000000191. The van der Waals surface area contributed by atoms with Crippen LogP contribution in [0.4, 0.5) is 5.69 Å². The van der Waals surface area contributed by atoms with Crippen molar-refractivity contribution < 1.29 is 4.79 Å². The van der Waals surface area contributed by atoms with Crippen LogP contribution in [0, 0.1) is 11.3 Å². The van der Waals surface area contributed by atoms with Gasteiger partial charge in [-0.15, -0.1) is 0 Å². The molecule has 7 nitrogen and oxygen atoms in total. The molecule has 1 aromatic heterocycles. The molecule has 41 heavy (non-hydrogen) atoms. The smallest absolute Gasteiger partial charge is 0.279 e. The summed E-state index contributed by atoms with van der Waals surface area (Å²) >= 11 is 1.45. The van der Waals surface area contributed by atoms with Gasteiger partial charge in [0.2, 0.25) is 0 Å². The Morgan fingerprint density at radius 1 is 1.00 bits per heavy atom. The van der Waals surface area contributed by atoms with E-state index in [0.717, 1.165) is 36.1 Å². The lowest BCUT2D eigenvalue weighted by molar-refractivity contribution is -0.129. The van der Waals surface area contributed by atoms with Gasteiger partial charge in [-0.1, -0.05) is 110 Å². The first-order valence-corrected chi connectivity index (χ1v) is 15.0. The van der Waals surface area contributed by atoms with Gasteiger partial charge in [0.15, 0.2) is 10.7 Å². The van der Waals surface area contributed by atoms with Crippen molar-refractivity contribution >= 4 is 28.5 Å². The maximum Gasteiger partial charge on any atom is 0.279 e. The van der Waals surface area contributed by atoms with Crippen LogP contribution < -0.4 is 5.43 Å². The quantitative estimate of drug-likeness (QED) is 0.236.